The molecule has 0 aromatic heterocycles. The molecule has 0 aliphatic carbocycles. The SMILES string of the molecule is CCNC(C)CCC(C)C(=O)OC. The molecule has 0 heterocycles. The van der Waals surface area contributed by atoms with Gasteiger partial charge in [-0.2, -0.15) is 0 Å². The normalized spacial score (nSPS) is 15.1. The summed E-state index contributed by atoms with van der Waals surface area (Å²) < 4.78 is 4.64. The summed E-state index contributed by atoms with van der Waals surface area (Å²) in [6.07, 6.45) is 1.91. The van der Waals surface area contributed by atoms with Gasteiger partial charge in [-0.15, -0.1) is 0 Å². The Morgan fingerprint density at radius 2 is 2.00 bits per heavy atom. The van der Waals surface area contributed by atoms with E-state index in [4.69, 9.17) is 0 Å². The van der Waals surface area contributed by atoms with Gasteiger partial charge in [-0.05, 0) is 26.3 Å². The topological polar surface area (TPSA) is 38.3 Å². The van der Waals surface area contributed by atoms with Crippen LogP contribution in [0.2, 0.25) is 0 Å². The maximum absolute atomic E-state index is 11.0. The number of esters is 1. The van der Waals surface area contributed by atoms with Gasteiger partial charge in [0.1, 0.15) is 0 Å². The highest BCUT2D eigenvalue weighted by molar-refractivity contribution is 5.71. The fourth-order valence-electron chi connectivity index (χ4n) is 1.27. The molecule has 0 aromatic rings. The third-order valence-electron chi connectivity index (χ3n) is 2.19. The summed E-state index contributed by atoms with van der Waals surface area (Å²) in [7, 11) is 1.44. The molecule has 2 unspecified atom stereocenters. The quantitative estimate of drug-likeness (QED) is 0.641. The van der Waals surface area contributed by atoms with Crippen LogP contribution in [-0.2, 0) is 9.53 Å². The van der Waals surface area contributed by atoms with Gasteiger partial charge in [0, 0.05) is 6.04 Å². The van der Waals surface area contributed by atoms with Crippen molar-refractivity contribution >= 4 is 5.97 Å². The minimum Gasteiger partial charge on any atom is -0.469 e. The number of nitrogens with one attached hydrogen (secondary N) is 1. The fraction of sp³-hybridized carbons (Fsp3) is 0.900. The van der Waals surface area contributed by atoms with Gasteiger partial charge in [0.15, 0.2) is 0 Å². The van der Waals surface area contributed by atoms with Crippen LogP contribution in [0.1, 0.15) is 33.6 Å². The van der Waals surface area contributed by atoms with Crippen molar-refractivity contribution in [3.05, 3.63) is 0 Å². The third kappa shape index (κ3) is 5.64. The maximum Gasteiger partial charge on any atom is 0.308 e. The lowest BCUT2D eigenvalue weighted by Gasteiger charge is -2.14. The molecule has 0 amide bonds. The summed E-state index contributed by atoms with van der Waals surface area (Å²) in [5.74, 6) is -0.0881. The van der Waals surface area contributed by atoms with Crippen molar-refractivity contribution in [2.45, 2.75) is 39.7 Å². The third-order valence-corrected chi connectivity index (χ3v) is 2.19. The molecule has 0 bridgehead atoms. The number of carbonyl (C=O) groups is 1. The predicted octanol–water partition coefficient (Wildman–Crippen LogP) is 1.57. The van der Waals surface area contributed by atoms with E-state index in [9.17, 15) is 4.79 Å². The Morgan fingerprint density at radius 1 is 1.38 bits per heavy atom. The van der Waals surface area contributed by atoms with Crippen LogP contribution in [0.3, 0.4) is 0 Å². The first-order valence-electron chi connectivity index (χ1n) is 4.93. The van der Waals surface area contributed by atoms with Crippen LogP contribution in [0.15, 0.2) is 0 Å². The molecular formula is C10H21NO2. The first-order chi connectivity index (χ1) is 6.11. The van der Waals surface area contributed by atoms with Gasteiger partial charge in [0.05, 0.1) is 13.0 Å². The van der Waals surface area contributed by atoms with Gasteiger partial charge >= 0.3 is 5.97 Å². The Bertz CT molecular complexity index is 148. The summed E-state index contributed by atoms with van der Waals surface area (Å²) >= 11 is 0. The van der Waals surface area contributed by atoms with E-state index in [2.05, 4.69) is 23.9 Å². The Labute approximate surface area is 80.8 Å². The van der Waals surface area contributed by atoms with Crippen molar-refractivity contribution < 1.29 is 9.53 Å². The molecule has 0 aliphatic rings. The van der Waals surface area contributed by atoms with Crippen LogP contribution in [0.25, 0.3) is 0 Å². The minimum absolute atomic E-state index is 0.0195. The smallest absolute Gasteiger partial charge is 0.308 e. The number of hydrogen-bond donors (Lipinski definition) is 1. The molecular weight excluding hydrogens is 166 g/mol. The molecule has 0 fully saturated rings. The molecule has 1 N–H and O–H groups in total. The van der Waals surface area contributed by atoms with Crippen LogP contribution in [-0.4, -0.2) is 25.7 Å². The summed E-state index contributed by atoms with van der Waals surface area (Å²) in [6.45, 7) is 7.10. The van der Waals surface area contributed by atoms with E-state index in [1.165, 1.54) is 7.11 Å². The zero-order valence-corrected chi connectivity index (χ0v) is 9.09. The Morgan fingerprint density at radius 3 is 2.46 bits per heavy atom. The van der Waals surface area contributed by atoms with Crippen LogP contribution in [0, 0.1) is 5.92 Å². The molecule has 3 nitrogen and oxygen atoms in total. The number of rotatable bonds is 6. The number of carbonyl (C=O) groups excluding carboxylic acids is 1. The number of hydrogen-bond acceptors (Lipinski definition) is 3. The van der Waals surface area contributed by atoms with Gasteiger partial charge in [-0.1, -0.05) is 13.8 Å². The zero-order chi connectivity index (χ0) is 10.3. The first-order valence-corrected chi connectivity index (χ1v) is 4.93. The lowest BCUT2D eigenvalue weighted by molar-refractivity contribution is -0.145. The van der Waals surface area contributed by atoms with Crippen LogP contribution in [0.5, 0.6) is 0 Å². The van der Waals surface area contributed by atoms with Crippen LogP contribution < -0.4 is 5.32 Å². The highest BCUT2D eigenvalue weighted by Crippen LogP contribution is 2.09. The van der Waals surface area contributed by atoms with E-state index in [0.29, 0.717) is 6.04 Å². The molecule has 3 heteroatoms. The van der Waals surface area contributed by atoms with E-state index in [1.807, 2.05) is 6.92 Å². The molecule has 2 atom stereocenters. The van der Waals surface area contributed by atoms with E-state index >= 15 is 0 Å². The summed E-state index contributed by atoms with van der Waals surface area (Å²) in [4.78, 5) is 11.0. The second-order valence-electron chi connectivity index (χ2n) is 3.46. The average molecular weight is 187 g/mol. The molecule has 0 rings (SSSR count). The minimum atomic E-state index is -0.108. The second kappa shape index (κ2) is 6.89. The highest BCUT2D eigenvalue weighted by atomic mass is 16.5. The molecule has 13 heavy (non-hydrogen) atoms. The van der Waals surface area contributed by atoms with E-state index < -0.39 is 0 Å². The van der Waals surface area contributed by atoms with Crippen molar-refractivity contribution in [2.75, 3.05) is 13.7 Å². The largest absolute Gasteiger partial charge is 0.469 e. The monoisotopic (exact) mass is 187 g/mol. The number of ether oxygens (including phenoxy) is 1. The first kappa shape index (κ1) is 12.4. The van der Waals surface area contributed by atoms with E-state index in [0.717, 1.165) is 19.4 Å². The van der Waals surface area contributed by atoms with E-state index in [1.54, 1.807) is 0 Å². The van der Waals surface area contributed by atoms with E-state index in [-0.39, 0.29) is 11.9 Å². The molecule has 0 saturated heterocycles. The summed E-state index contributed by atoms with van der Waals surface area (Å²) in [5.41, 5.74) is 0. The fourth-order valence-corrected chi connectivity index (χ4v) is 1.27. The van der Waals surface area contributed by atoms with Gasteiger partial charge in [0.2, 0.25) is 0 Å². The van der Waals surface area contributed by atoms with Crippen molar-refractivity contribution in [1.29, 1.82) is 0 Å². The summed E-state index contributed by atoms with van der Waals surface area (Å²) in [6, 6.07) is 0.483. The molecule has 0 aliphatic heterocycles. The standard InChI is InChI=1S/C10H21NO2/c1-5-11-9(3)7-6-8(2)10(12)13-4/h8-9,11H,5-7H2,1-4H3. The predicted molar refractivity (Wildman–Crippen MR) is 53.6 cm³/mol. The Kier molecular flexibility index (Phi) is 6.59. The molecule has 0 saturated carbocycles. The summed E-state index contributed by atoms with van der Waals surface area (Å²) in [5, 5.41) is 3.31. The van der Waals surface area contributed by atoms with Gasteiger partial charge in [0.25, 0.3) is 0 Å². The maximum atomic E-state index is 11.0. The second-order valence-corrected chi connectivity index (χ2v) is 3.46. The molecule has 0 spiro atoms. The molecule has 78 valence electrons. The number of methoxy groups -OCH3 is 1. The van der Waals surface area contributed by atoms with Crippen molar-refractivity contribution in [2.24, 2.45) is 5.92 Å². The lowest BCUT2D eigenvalue weighted by atomic mass is 10.0. The zero-order valence-electron chi connectivity index (χ0n) is 9.09. The van der Waals surface area contributed by atoms with Crippen LogP contribution in [0.4, 0.5) is 0 Å². The van der Waals surface area contributed by atoms with Gasteiger partial charge in [-0.25, -0.2) is 0 Å². The molecule has 0 aromatic carbocycles. The van der Waals surface area contributed by atoms with Gasteiger partial charge < -0.3 is 10.1 Å². The molecule has 0 radical (unpaired) electrons. The van der Waals surface area contributed by atoms with Crippen molar-refractivity contribution in [3.63, 3.8) is 0 Å². The average Bonchev–Trinajstić information content (AvgIpc) is 2.13. The van der Waals surface area contributed by atoms with Crippen molar-refractivity contribution in [3.8, 4) is 0 Å². The van der Waals surface area contributed by atoms with Crippen LogP contribution >= 0.6 is 0 Å². The highest BCUT2D eigenvalue weighted by Gasteiger charge is 2.13. The van der Waals surface area contributed by atoms with Crippen molar-refractivity contribution in [1.82, 2.24) is 5.32 Å². The Hall–Kier alpha value is -0.570. The lowest BCUT2D eigenvalue weighted by Crippen LogP contribution is -2.26. The van der Waals surface area contributed by atoms with Gasteiger partial charge in [-0.3, -0.25) is 4.79 Å². The Balaban J connectivity index is 3.56.